The van der Waals surface area contributed by atoms with E-state index < -0.39 is 0 Å². The molecule has 0 saturated carbocycles. The summed E-state index contributed by atoms with van der Waals surface area (Å²) in [6.45, 7) is 15.8. The number of hydrogen-bond acceptors (Lipinski definition) is 4. The molecule has 0 bridgehead atoms. The van der Waals surface area contributed by atoms with Crippen LogP contribution >= 0.6 is 0 Å². The summed E-state index contributed by atoms with van der Waals surface area (Å²) >= 11 is 0. The molecule has 2 saturated heterocycles. The number of fused-ring (bicyclic) bond motifs is 1. The Morgan fingerprint density at radius 2 is 2.00 bits per heavy atom. The van der Waals surface area contributed by atoms with Crippen LogP contribution in [0.15, 0.2) is 12.2 Å². The molecule has 0 N–H and O–H groups in total. The third-order valence-electron chi connectivity index (χ3n) is 7.35. The van der Waals surface area contributed by atoms with Gasteiger partial charge in [-0.25, -0.2) is 0 Å². The Kier molecular flexibility index (Phi) is 9.35. The minimum Gasteiger partial charge on any atom is -0.385 e. The fourth-order valence-electron chi connectivity index (χ4n) is 5.69. The number of methoxy groups -OCH3 is 1. The number of allylic oxidation sites excluding steroid dienone is 1. The number of carbonyl (C=O) groups excluding carboxylic acids is 1. The molecule has 0 radical (unpaired) electrons. The molecule has 0 spiro atoms. The summed E-state index contributed by atoms with van der Waals surface area (Å²) in [4.78, 5) is 18.2. The standard InChI is InChI=1S/C26H44N4O2/c1-20(2)18-30-22(4)24(21(3)27-30)12-13-26(31)29(16-9-17-32-5)19-23-10-8-15-28-14-7-6-11-25(23)28/h23,25H,1,6-19H2,2-5H3/t23-,25-/m0/s1. The molecule has 1 amide bonds. The number of hydrogen-bond donors (Lipinski definition) is 0. The zero-order chi connectivity index (χ0) is 23.1. The highest BCUT2D eigenvalue weighted by Gasteiger charge is 2.34. The van der Waals surface area contributed by atoms with Crippen LogP contribution in [0.1, 0.15) is 68.8 Å². The number of piperidine rings is 2. The summed E-state index contributed by atoms with van der Waals surface area (Å²) < 4.78 is 7.30. The van der Waals surface area contributed by atoms with Gasteiger partial charge in [0.1, 0.15) is 0 Å². The summed E-state index contributed by atoms with van der Waals surface area (Å²) in [7, 11) is 1.74. The Balaban J connectivity index is 1.64. The Morgan fingerprint density at radius 1 is 1.22 bits per heavy atom. The van der Waals surface area contributed by atoms with E-state index in [1.54, 1.807) is 7.11 Å². The lowest BCUT2D eigenvalue weighted by atomic mass is 9.83. The molecule has 180 valence electrons. The predicted octanol–water partition coefficient (Wildman–Crippen LogP) is 4.14. The third-order valence-corrected chi connectivity index (χ3v) is 7.35. The van der Waals surface area contributed by atoms with Crippen LogP contribution in [-0.4, -0.2) is 71.4 Å². The minimum atomic E-state index is 0.278. The second-order valence-corrected chi connectivity index (χ2v) is 9.95. The monoisotopic (exact) mass is 444 g/mol. The van der Waals surface area contributed by atoms with E-state index in [1.165, 1.54) is 50.8 Å². The van der Waals surface area contributed by atoms with Gasteiger partial charge in [0.25, 0.3) is 0 Å². The lowest BCUT2D eigenvalue weighted by Crippen LogP contribution is -2.51. The van der Waals surface area contributed by atoms with Crippen LogP contribution < -0.4 is 0 Å². The van der Waals surface area contributed by atoms with Gasteiger partial charge in [-0.05, 0) is 83.9 Å². The summed E-state index contributed by atoms with van der Waals surface area (Å²) in [5.74, 6) is 0.887. The number of nitrogens with zero attached hydrogens (tertiary/aromatic N) is 4. The van der Waals surface area contributed by atoms with Gasteiger partial charge in [-0.15, -0.1) is 0 Å². The van der Waals surface area contributed by atoms with Crippen molar-refractivity contribution in [3.05, 3.63) is 29.1 Å². The zero-order valence-corrected chi connectivity index (χ0v) is 20.9. The Labute approximate surface area is 195 Å². The first-order chi connectivity index (χ1) is 15.4. The predicted molar refractivity (Wildman–Crippen MR) is 130 cm³/mol. The maximum absolute atomic E-state index is 13.4. The topological polar surface area (TPSA) is 50.6 Å². The molecule has 2 aliphatic rings. The maximum Gasteiger partial charge on any atom is 0.222 e. The van der Waals surface area contributed by atoms with Gasteiger partial charge in [0, 0.05) is 45.0 Å². The summed E-state index contributed by atoms with van der Waals surface area (Å²) in [6, 6.07) is 0.667. The highest BCUT2D eigenvalue weighted by molar-refractivity contribution is 5.76. The smallest absolute Gasteiger partial charge is 0.222 e. The van der Waals surface area contributed by atoms with Gasteiger partial charge in [-0.1, -0.05) is 18.6 Å². The molecule has 2 atom stereocenters. The lowest BCUT2D eigenvalue weighted by Gasteiger charge is -2.45. The molecule has 0 aliphatic carbocycles. The van der Waals surface area contributed by atoms with Gasteiger partial charge < -0.3 is 14.5 Å². The highest BCUT2D eigenvalue weighted by atomic mass is 16.5. The zero-order valence-electron chi connectivity index (χ0n) is 20.9. The third kappa shape index (κ3) is 6.44. The first kappa shape index (κ1) is 25.0. The summed E-state index contributed by atoms with van der Waals surface area (Å²) in [5.41, 5.74) is 4.50. The Morgan fingerprint density at radius 3 is 2.75 bits per heavy atom. The largest absolute Gasteiger partial charge is 0.385 e. The minimum absolute atomic E-state index is 0.278. The molecular formula is C26H44N4O2. The van der Waals surface area contributed by atoms with Crippen LogP contribution in [0.5, 0.6) is 0 Å². The van der Waals surface area contributed by atoms with Gasteiger partial charge >= 0.3 is 0 Å². The second-order valence-electron chi connectivity index (χ2n) is 9.95. The average Bonchev–Trinajstić information content (AvgIpc) is 3.03. The molecule has 0 unspecified atom stereocenters. The van der Waals surface area contributed by atoms with Gasteiger partial charge in [0.2, 0.25) is 5.91 Å². The van der Waals surface area contributed by atoms with Gasteiger partial charge in [-0.3, -0.25) is 9.48 Å². The Bertz CT molecular complexity index is 770. The van der Waals surface area contributed by atoms with E-state index in [0.717, 1.165) is 49.4 Å². The molecule has 2 fully saturated rings. The van der Waals surface area contributed by atoms with Crippen molar-refractivity contribution in [2.45, 2.75) is 84.7 Å². The van der Waals surface area contributed by atoms with Gasteiger partial charge in [0.05, 0.1) is 12.2 Å². The van der Waals surface area contributed by atoms with E-state index in [4.69, 9.17) is 4.74 Å². The molecule has 3 heterocycles. The van der Waals surface area contributed by atoms with Crippen LogP contribution in [-0.2, 0) is 22.5 Å². The molecule has 1 aromatic heterocycles. The van der Waals surface area contributed by atoms with Crippen LogP contribution in [0, 0.1) is 19.8 Å². The summed E-state index contributed by atoms with van der Waals surface area (Å²) in [6.07, 6.45) is 8.69. The average molecular weight is 445 g/mol. The van der Waals surface area contributed by atoms with Crippen molar-refractivity contribution in [3.63, 3.8) is 0 Å². The number of rotatable bonds is 11. The molecule has 32 heavy (non-hydrogen) atoms. The fraction of sp³-hybridized carbons (Fsp3) is 0.769. The van der Waals surface area contributed by atoms with E-state index >= 15 is 0 Å². The van der Waals surface area contributed by atoms with Crippen molar-refractivity contribution >= 4 is 5.91 Å². The normalized spacial score (nSPS) is 21.4. The van der Waals surface area contributed by atoms with E-state index in [1.807, 2.05) is 11.6 Å². The van der Waals surface area contributed by atoms with Crippen molar-refractivity contribution < 1.29 is 9.53 Å². The van der Waals surface area contributed by atoms with E-state index in [0.29, 0.717) is 25.0 Å². The number of amides is 1. The van der Waals surface area contributed by atoms with E-state index in [2.05, 4.69) is 35.3 Å². The summed E-state index contributed by atoms with van der Waals surface area (Å²) in [5, 5.41) is 4.68. The van der Waals surface area contributed by atoms with Gasteiger partial charge in [0.15, 0.2) is 0 Å². The number of ether oxygens (including phenoxy) is 1. The lowest BCUT2D eigenvalue weighted by molar-refractivity contribution is -0.132. The van der Waals surface area contributed by atoms with E-state index in [-0.39, 0.29) is 5.91 Å². The highest BCUT2D eigenvalue weighted by Crippen LogP contribution is 2.31. The SMILES string of the molecule is C=C(C)Cn1nc(C)c(CCC(=O)N(CCCOC)C[C@@H]2CCCN3CCCC[C@@H]23)c1C. The molecule has 2 aliphatic heterocycles. The number of aromatic nitrogens is 2. The van der Waals surface area contributed by atoms with Crippen molar-refractivity contribution in [2.75, 3.05) is 39.9 Å². The first-order valence-electron chi connectivity index (χ1n) is 12.6. The molecule has 3 rings (SSSR count). The maximum atomic E-state index is 13.4. The van der Waals surface area contributed by atoms with E-state index in [9.17, 15) is 4.79 Å². The first-order valence-corrected chi connectivity index (χ1v) is 12.6. The van der Waals surface area contributed by atoms with Crippen molar-refractivity contribution in [2.24, 2.45) is 5.92 Å². The fourth-order valence-corrected chi connectivity index (χ4v) is 5.69. The van der Waals surface area contributed by atoms with Crippen LogP contribution in [0.4, 0.5) is 0 Å². The number of carbonyl (C=O) groups is 1. The second kappa shape index (κ2) is 12.0. The van der Waals surface area contributed by atoms with Crippen molar-refractivity contribution in [3.8, 4) is 0 Å². The van der Waals surface area contributed by atoms with Crippen LogP contribution in [0.3, 0.4) is 0 Å². The Hall–Kier alpha value is -1.66. The van der Waals surface area contributed by atoms with Gasteiger partial charge in [-0.2, -0.15) is 5.10 Å². The molecular weight excluding hydrogens is 400 g/mol. The van der Waals surface area contributed by atoms with Crippen molar-refractivity contribution in [1.29, 1.82) is 0 Å². The quantitative estimate of drug-likeness (QED) is 0.380. The van der Waals surface area contributed by atoms with Crippen LogP contribution in [0.25, 0.3) is 0 Å². The molecule has 1 aromatic rings. The number of aryl methyl sites for hydroxylation is 1. The van der Waals surface area contributed by atoms with Crippen LogP contribution in [0.2, 0.25) is 0 Å². The molecule has 0 aromatic carbocycles. The molecule has 6 heteroatoms. The molecule has 6 nitrogen and oxygen atoms in total. The van der Waals surface area contributed by atoms with Crippen molar-refractivity contribution in [1.82, 2.24) is 19.6 Å².